The average Bonchev–Trinajstić information content (AvgIpc) is 3.76. The molecular formula is C35H35FN10O. The predicted molar refractivity (Wildman–Crippen MR) is 182 cm³/mol. The van der Waals surface area contributed by atoms with Gasteiger partial charge in [0.15, 0.2) is 5.83 Å². The minimum absolute atomic E-state index is 0.152. The van der Waals surface area contributed by atoms with Gasteiger partial charge in [-0.25, -0.2) is 14.4 Å². The van der Waals surface area contributed by atoms with Crippen LogP contribution in [0.4, 0.5) is 10.1 Å². The summed E-state index contributed by atoms with van der Waals surface area (Å²) >= 11 is 0. The molecule has 5 aromatic rings. The molecule has 0 radical (unpaired) electrons. The summed E-state index contributed by atoms with van der Waals surface area (Å²) in [5.41, 5.74) is 11.1. The molecule has 1 atom stereocenters. The number of likely N-dealkylation sites (tertiary alicyclic amines) is 1. The fourth-order valence-electron chi connectivity index (χ4n) is 6.30. The van der Waals surface area contributed by atoms with Gasteiger partial charge >= 0.3 is 0 Å². The minimum Gasteiger partial charge on any atom is -0.402 e. The van der Waals surface area contributed by atoms with E-state index in [0.29, 0.717) is 25.3 Å². The van der Waals surface area contributed by atoms with Crippen molar-refractivity contribution < 1.29 is 9.18 Å². The van der Waals surface area contributed by atoms with Crippen LogP contribution in [0.15, 0.2) is 90.7 Å². The third-order valence-electron chi connectivity index (χ3n) is 8.93. The Morgan fingerprint density at radius 3 is 2.64 bits per heavy atom. The van der Waals surface area contributed by atoms with Crippen LogP contribution < -0.4 is 10.6 Å². The maximum absolute atomic E-state index is 13.3. The Bertz CT molecular complexity index is 1980. The Kier molecular flexibility index (Phi) is 8.40. The number of hydrogen-bond acceptors (Lipinski definition) is 9. The third kappa shape index (κ3) is 6.45. The number of allylic oxidation sites excluding steroid dienone is 1. The summed E-state index contributed by atoms with van der Waals surface area (Å²) in [6.07, 6.45) is 8.22. The molecule has 5 heterocycles. The van der Waals surface area contributed by atoms with E-state index in [9.17, 15) is 9.18 Å². The smallest absolute Gasteiger partial charge is 0.236 e. The maximum atomic E-state index is 13.3. The molecule has 11 nitrogen and oxygen atoms in total. The first-order valence-electron chi connectivity index (χ1n) is 15.7. The van der Waals surface area contributed by atoms with Gasteiger partial charge in [-0.3, -0.25) is 24.8 Å². The zero-order valence-corrected chi connectivity index (χ0v) is 25.9. The molecule has 0 saturated carbocycles. The second kappa shape index (κ2) is 13.1. The highest BCUT2D eigenvalue weighted by Gasteiger charge is 2.30. The van der Waals surface area contributed by atoms with Gasteiger partial charge in [0.1, 0.15) is 11.5 Å². The predicted octanol–water partition coefficient (Wildman–Crippen LogP) is 4.52. The van der Waals surface area contributed by atoms with Crippen molar-refractivity contribution in [2.45, 2.75) is 12.3 Å². The Balaban J connectivity index is 0.937. The SMILES string of the molecule is C=C(N=C/C(F)=C\N)c1ccc(N2CCN(C(=O)CN3CCC(c4ncc5cc6[nH]nc(-c7ccncc7)c6cc5n4)C3)CC2)cc1. The minimum atomic E-state index is -0.619. The highest BCUT2D eigenvalue weighted by Crippen LogP contribution is 2.31. The molecule has 2 aromatic carbocycles. The largest absolute Gasteiger partial charge is 0.402 e. The summed E-state index contributed by atoms with van der Waals surface area (Å²) in [6.45, 7) is 8.70. The highest BCUT2D eigenvalue weighted by atomic mass is 19.1. The normalized spacial score (nSPS) is 17.7. The summed E-state index contributed by atoms with van der Waals surface area (Å²) in [7, 11) is 0. The van der Waals surface area contributed by atoms with Crippen LogP contribution in [0.25, 0.3) is 38.8 Å². The van der Waals surface area contributed by atoms with Crippen LogP contribution in [0.3, 0.4) is 0 Å². The number of H-pyrrole nitrogens is 1. The van der Waals surface area contributed by atoms with Gasteiger partial charge in [-0.05, 0) is 54.9 Å². The number of benzene rings is 2. The number of carbonyl (C=O) groups is 1. The maximum Gasteiger partial charge on any atom is 0.236 e. The molecule has 2 saturated heterocycles. The molecule has 3 aromatic heterocycles. The number of aliphatic imine (C=N–C) groups is 1. The van der Waals surface area contributed by atoms with E-state index in [0.717, 1.165) is 95.2 Å². The lowest BCUT2D eigenvalue weighted by Gasteiger charge is -2.36. The van der Waals surface area contributed by atoms with Crippen molar-refractivity contribution in [3.63, 3.8) is 0 Å². The number of piperazine rings is 1. The molecule has 0 spiro atoms. The molecule has 2 aliphatic heterocycles. The summed E-state index contributed by atoms with van der Waals surface area (Å²) in [4.78, 5) is 37.5. The topological polar surface area (TPSA) is 133 Å². The molecule has 12 heteroatoms. The van der Waals surface area contributed by atoms with E-state index in [2.05, 4.69) is 42.6 Å². The number of amides is 1. The van der Waals surface area contributed by atoms with E-state index in [1.165, 1.54) is 0 Å². The molecule has 0 aliphatic carbocycles. The quantitative estimate of drug-likeness (QED) is 0.239. The van der Waals surface area contributed by atoms with Crippen LogP contribution in [-0.4, -0.2) is 92.9 Å². The first-order valence-corrected chi connectivity index (χ1v) is 15.7. The molecule has 0 bridgehead atoms. The molecule has 2 aliphatic rings. The second-order valence-corrected chi connectivity index (χ2v) is 11.9. The van der Waals surface area contributed by atoms with Crippen LogP contribution in [0.5, 0.6) is 0 Å². The number of rotatable bonds is 8. The monoisotopic (exact) mass is 630 g/mol. The van der Waals surface area contributed by atoms with Crippen LogP contribution in [-0.2, 0) is 4.79 Å². The van der Waals surface area contributed by atoms with Crippen molar-refractivity contribution in [3.8, 4) is 11.3 Å². The summed E-state index contributed by atoms with van der Waals surface area (Å²) in [5, 5.41) is 9.64. The number of anilines is 1. The average molecular weight is 631 g/mol. The Morgan fingerprint density at radius 1 is 1.09 bits per heavy atom. The van der Waals surface area contributed by atoms with Gasteiger partial charge in [0.25, 0.3) is 0 Å². The van der Waals surface area contributed by atoms with Crippen molar-refractivity contribution in [1.29, 1.82) is 0 Å². The van der Waals surface area contributed by atoms with Crippen molar-refractivity contribution in [1.82, 2.24) is 34.9 Å². The molecule has 3 N–H and O–H groups in total. The molecule has 1 unspecified atom stereocenters. The Hall–Kier alpha value is -5.49. The van der Waals surface area contributed by atoms with Gasteiger partial charge < -0.3 is 15.5 Å². The number of hydrogen-bond donors (Lipinski definition) is 2. The standard InChI is InChI=1S/C35H35FN10O/c1-23(39-20-28(36)18-37)24-2-4-29(5-3-24)45-12-14-46(15-13-45)33(47)22-44-11-8-26(21-44)35-40-19-27-16-32-30(17-31(27)41-35)34(43-42-32)25-6-9-38-10-7-25/h2-7,9-10,16-20,26H,1,8,11-15,21-22,37H2,(H,42,43)/b28-18+,39-20?. The van der Waals surface area contributed by atoms with Crippen molar-refractivity contribution in [2.75, 3.05) is 50.7 Å². The van der Waals surface area contributed by atoms with Gasteiger partial charge in [0, 0.05) is 85.5 Å². The van der Waals surface area contributed by atoms with Crippen LogP contribution in [0.1, 0.15) is 23.7 Å². The zero-order chi connectivity index (χ0) is 32.3. The molecule has 7 rings (SSSR count). The fourth-order valence-corrected chi connectivity index (χ4v) is 6.30. The van der Waals surface area contributed by atoms with E-state index >= 15 is 0 Å². The molecule has 2 fully saturated rings. The molecule has 47 heavy (non-hydrogen) atoms. The van der Waals surface area contributed by atoms with Gasteiger partial charge in [0.2, 0.25) is 5.91 Å². The van der Waals surface area contributed by atoms with E-state index < -0.39 is 5.83 Å². The third-order valence-corrected chi connectivity index (χ3v) is 8.93. The molecular weight excluding hydrogens is 595 g/mol. The molecule has 1 amide bonds. The van der Waals surface area contributed by atoms with Gasteiger partial charge in [-0.15, -0.1) is 0 Å². The number of pyridine rings is 1. The first kappa shape index (κ1) is 30.2. The van der Waals surface area contributed by atoms with Crippen molar-refractivity contribution in [2.24, 2.45) is 10.7 Å². The van der Waals surface area contributed by atoms with Crippen LogP contribution in [0, 0.1) is 0 Å². The van der Waals surface area contributed by atoms with E-state index in [1.807, 2.05) is 53.6 Å². The number of nitrogens with zero attached hydrogens (tertiary/aromatic N) is 8. The van der Waals surface area contributed by atoms with Crippen molar-refractivity contribution in [3.05, 3.63) is 97.1 Å². The number of halogens is 1. The van der Waals surface area contributed by atoms with Gasteiger partial charge in [0.05, 0.1) is 29.5 Å². The van der Waals surface area contributed by atoms with E-state index in [1.54, 1.807) is 12.4 Å². The highest BCUT2D eigenvalue weighted by molar-refractivity contribution is 6.01. The number of nitrogens with two attached hydrogens (primary N) is 1. The van der Waals surface area contributed by atoms with Crippen LogP contribution >= 0.6 is 0 Å². The number of aromatic nitrogens is 5. The second-order valence-electron chi connectivity index (χ2n) is 11.9. The number of nitrogens with one attached hydrogen (secondary N) is 1. The lowest BCUT2D eigenvalue weighted by Crippen LogP contribution is -2.51. The van der Waals surface area contributed by atoms with Crippen molar-refractivity contribution >= 4 is 45.3 Å². The van der Waals surface area contributed by atoms with E-state index in [4.69, 9.17) is 15.7 Å². The summed E-state index contributed by atoms with van der Waals surface area (Å²) in [6, 6.07) is 15.8. The Labute approximate surface area is 271 Å². The summed E-state index contributed by atoms with van der Waals surface area (Å²) in [5.74, 6) is 0.519. The summed E-state index contributed by atoms with van der Waals surface area (Å²) < 4.78 is 13.2. The lowest BCUT2D eigenvalue weighted by molar-refractivity contribution is -0.132. The van der Waals surface area contributed by atoms with Crippen LogP contribution in [0.2, 0.25) is 0 Å². The first-order chi connectivity index (χ1) is 22.9. The zero-order valence-electron chi connectivity index (χ0n) is 25.9. The van der Waals surface area contributed by atoms with Gasteiger partial charge in [-0.1, -0.05) is 18.7 Å². The number of carbonyl (C=O) groups excluding carboxylic acids is 1. The van der Waals surface area contributed by atoms with E-state index in [-0.39, 0.29) is 11.8 Å². The van der Waals surface area contributed by atoms with Gasteiger partial charge in [-0.2, -0.15) is 5.10 Å². The number of fused-ring (bicyclic) bond motifs is 2. The fraction of sp³-hybridized carbons (Fsp3) is 0.257. The lowest BCUT2D eigenvalue weighted by atomic mass is 10.1. The number of aromatic amines is 1. The Morgan fingerprint density at radius 2 is 1.87 bits per heavy atom. The molecule has 238 valence electrons.